The monoisotopic (exact) mass is 202 g/mol. The van der Waals surface area contributed by atoms with Crippen LogP contribution in [0.2, 0.25) is 0 Å². The number of nitro groups is 1. The van der Waals surface area contributed by atoms with Crippen molar-refractivity contribution < 1.29 is 4.92 Å². The standard InChI is InChI=1S/C11H10N2O2/c1-12-8-9(6-7-13(14)15)10-4-2-3-5-11(10)12/h2-8H,1H3/b7-6+. The fourth-order valence-corrected chi connectivity index (χ4v) is 1.65. The summed E-state index contributed by atoms with van der Waals surface area (Å²) in [6.07, 6.45) is 4.36. The highest BCUT2D eigenvalue weighted by atomic mass is 16.6. The summed E-state index contributed by atoms with van der Waals surface area (Å²) in [5.41, 5.74) is 1.94. The summed E-state index contributed by atoms with van der Waals surface area (Å²) in [5, 5.41) is 11.3. The van der Waals surface area contributed by atoms with E-state index in [9.17, 15) is 10.1 Å². The van der Waals surface area contributed by atoms with Crippen molar-refractivity contribution >= 4 is 17.0 Å². The summed E-state index contributed by atoms with van der Waals surface area (Å²) in [7, 11) is 1.92. The number of hydrogen-bond acceptors (Lipinski definition) is 2. The maximum Gasteiger partial charge on any atom is 0.235 e. The third kappa shape index (κ3) is 1.74. The molecule has 1 heterocycles. The van der Waals surface area contributed by atoms with Gasteiger partial charge in [0.05, 0.1) is 4.92 Å². The van der Waals surface area contributed by atoms with E-state index in [2.05, 4.69) is 0 Å². The van der Waals surface area contributed by atoms with Crippen molar-refractivity contribution in [2.24, 2.45) is 7.05 Å². The van der Waals surface area contributed by atoms with Crippen LogP contribution in [0.3, 0.4) is 0 Å². The Kier molecular flexibility index (Phi) is 2.25. The van der Waals surface area contributed by atoms with Crippen molar-refractivity contribution in [3.63, 3.8) is 0 Å². The molecule has 0 radical (unpaired) electrons. The van der Waals surface area contributed by atoms with E-state index in [1.54, 1.807) is 0 Å². The van der Waals surface area contributed by atoms with Crippen molar-refractivity contribution in [3.05, 3.63) is 52.3 Å². The van der Waals surface area contributed by atoms with Gasteiger partial charge in [-0.15, -0.1) is 0 Å². The molecule has 4 heteroatoms. The summed E-state index contributed by atoms with van der Waals surface area (Å²) in [5.74, 6) is 0. The molecule has 1 aromatic carbocycles. The fraction of sp³-hybridized carbons (Fsp3) is 0.0909. The summed E-state index contributed by atoms with van der Waals surface area (Å²) >= 11 is 0. The topological polar surface area (TPSA) is 48.1 Å². The van der Waals surface area contributed by atoms with Crippen LogP contribution in [0, 0.1) is 10.1 Å². The van der Waals surface area contributed by atoms with Gasteiger partial charge in [0.25, 0.3) is 0 Å². The number of nitrogens with zero attached hydrogens (tertiary/aromatic N) is 2. The van der Waals surface area contributed by atoms with Crippen molar-refractivity contribution in [2.45, 2.75) is 0 Å². The maximum absolute atomic E-state index is 10.2. The first kappa shape index (κ1) is 9.45. The van der Waals surface area contributed by atoms with Gasteiger partial charge < -0.3 is 4.57 Å². The first-order valence-corrected chi connectivity index (χ1v) is 4.54. The molecular weight excluding hydrogens is 192 g/mol. The zero-order valence-electron chi connectivity index (χ0n) is 8.25. The Balaban J connectivity index is 2.57. The van der Waals surface area contributed by atoms with Gasteiger partial charge in [-0.2, -0.15) is 0 Å². The molecule has 15 heavy (non-hydrogen) atoms. The molecule has 0 atom stereocenters. The molecule has 0 aliphatic heterocycles. The second-order valence-corrected chi connectivity index (χ2v) is 3.31. The Hall–Kier alpha value is -2.10. The van der Waals surface area contributed by atoms with Gasteiger partial charge in [0.15, 0.2) is 0 Å². The molecule has 0 aliphatic carbocycles. The first-order valence-electron chi connectivity index (χ1n) is 4.54. The molecule has 0 unspecified atom stereocenters. The smallest absolute Gasteiger partial charge is 0.235 e. The summed E-state index contributed by atoms with van der Waals surface area (Å²) in [4.78, 5) is 9.77. The van der Waals surface area contributed by atoms with E-state index in [-0.39, 0.29) is 0 Å². The molecule has 0 saturated heterocycles. The fourth-order valence-electron chi connectivity index (χ4n) is 1.65. The van der Waals surface area contributed by atoms with E-state index >= 15 is 0 Å². The molecule has 0 spiro atoms. The number of benzene rings is 1. The van der Waals surface area contributed by atoms with Gasteiger partial charge in [-0.3, -0.25) is 10.1 Å². The summed E-state index contributed by atoms with van der Waals surface area (Å²) in [6.45, 7) is 0. The Morgan fingerprint density at radius 2 is 2.13 bits per heavy atom. The number of aromatic nitrogens is 1. The van der Waals surface area contributed by atoms with Crippen LogP contribution in [0.1, 0.15) is 5.56 Å². The number of aryl methyl sites for hydroxylation is 1. The zero-order valence-corrected chi connectivity index (χ0v) is 8.25. The van der Waals surface area contributed by atoms with Crippen LogP contribution in [0.5, 0.6) is 0 Å². The van der Waals surface area contributed by atoms with E-state index in [1.807, 2.05) is 42.1 Å². The van der Waals surface area contributed by atoms with Crippen LogP contribution in [-0.4, -0.2) is 9.49 Å². The van der Waals surface area contributed by atoms with Gasteiger partial charge in [-0.05, 0) is 6.07 Å². The average Bonchev–Trinajstić information content (AvgIpc) is 2.54. The van der Waals surface area contributed by atoms with E-state index in [4.69, 9.17) is 0 Å². The van der Waals surface area contributed by atoms with E-state index in [0.29, 0.717) is 0 Å². The van der Waals surface area contributed by atoms with Crippen LogP contribution >= 0.6 is 0 Å². The third-order valence-electron chi connectivity index (χ3n) is 2.30. The van der Waals surface area contributed by atoms with E-state index < -0.39 is 4.92 Å². The molecule has 76 valence electrons. The number of rotatable bonds is 2. The lowest BCUT2D eigenvalue weighted by Gasteiger charge is -1.92. The van der Waals surface area contributed by atoms with Crippen LogP contribution in [0.4, 0.5) is 0 Å². The number of para-hydroxylation sites is 1. The summed E-state index contributed by atoms with van der Waals surface area (Å²) in [6, 6.07) is 7.81. The van der Waals surface area contributed by atoms with Crippen molar-refractivity contribution in [2.75, 3.05) is 0 Å². The van der Waals surface area contributed by atoms with Gasteiger partial charge in [0.2, 0.25) is 6.20 Å². The molecule has 0 bridgehead atoms. The largest absolute Gasteiger partial charge is 0.350 e. The molecule has 0 N–H and O–H groups in total. The highest BCUT2D eigenvalue weighted by Gasteiger charge is 2.03. The molecule has 0 fully saturated rings. The van der Waals surface area contributed by atoms with Gasteiger partial charge in [-0.25, -0.2) is 0 Å². The molecule has 1 aromatic heterocycles. The van der Waals surface area contributed by atoms with Crippen LogP contribution < -0.4 is 0 Å². The average molecular weight is 202 g/mol. The number of hydrogen-bond donors (Lipinski definition) is 0. The minimum Gasteiger partial charge on any atom is -0.350 e. The molecule has 0 amide bonds. The van der Waals surface area contributed by atoms with Gasteiger partial charge in [0.1, 0.15) is 0 Å². The number of fused-ring (bicyclic) bond motifs is 1. The second-order valence-electron chi connectivity index (χ2n) is 3.31. The van der Waals surface area contributed by atoms with Gasteiger partial charge in [0, 0.05) is 35.8 Å². The SMILES string of the molecule is Cn1cc(/C=C/[N+](=O)[O-])c2ccccc21. The Bertz CT molecular complexity index is 541. The zero-order chi connectivity index (χ0) is 10.8. The van der Waals surface area contributed by atoms with Crippen LogP contribution in [-0.2, 0) is 7.05 Å². The lowest BCUT2D eigenvalue weighted by atomic mass is 10.2. The molecule has 0 aliphatic rings. The van der Waals surface area contributed by atoms with Crippen molar-refractivity contribution in [1.82, 2.24) is 4.57 Å². The molecule has 4 nitrogen and oxygen atoms in total. The molecular formula is C11H10N2O2. The predicted molar refractivity (Wildman–Crippen MR) is 58.9 cm³/mol. The minimum absolute atomic E-state index is 0.457. The van der Waals surface area contributed by atoms with Gasteiger partial charge in [-0.1, -0.05) is 18.2 Å². The highest BCUT2D eigenvalue weighted by Crippen LogP contribution is 2.21. The Labute approximate surface area is 86.6 Å². The molecule has 2 aromatic rings. The summed E-state index contributed by atoms with van der Waals surface area (Å²) < 4.78 is 1.95. The maximum atomic E-state index is 10.2. The van der Waals surface area contributed by atoms with Gasteiger partial charge >= 0.3 is 0 Å². The second kappa shape index (κ2) is 3.57. The Morgan fingerprint density at radius 3 is 2.87 bits per heavy atom. The minimum atomic E-state index is -0.457. The quantitative estimate of drug-likeness (QED) is 0.554. The predicted octanol–water partition coefficient (Wildman–Crippen LogP) is 2.43. The normalized spacial score (nSPS) is 11.3. The van der Waals surface area contributed by atoms with E-state index in [0.717, 1.165) is 22.7 Å². The lowest BCUT2D eigenvalue weighted by Crippen LogP contribution is -1.82. The van der Waals surface area contributed by atoms with Crippen molar-refractivity contribution in [3.8, 4) is 0 Å². The lowest BCUT2D eigenvalue weighted by molar-refractivity contribution is -0.400. The van der Waals surface area contributed by atoms with E-state index in [1.165, 1.54) is 6.08 Å². The Morgan fingerprint density at radius 1 is 1.40 bits per heavy atom. The van der Waals surface area contributed by atoms with Crippen LogP contribution in [0.25, 0.3) is 17.0 Å². The van der Waals surface area contributed by atoms with Crippen LogP contribution in [0.15, 0.2) is 36.7 Å². The highest BCUT2D eigenvalue weighted by molar-refractivity contribution is 5.89. The van der Waals surface area contributed by atoms with Crippen molar-refractivity contribution in [1.29, 1.82) is 0 Å². The first-order chi connectivity index (χ1) is 7.18. The molecule has 2 rings (SSSR count). The molecule has 0 saturated carbocycles. The third-order valence-corrected chi connectivity index (χ3v) is 2.30.